The molecule has 1 saturated carbocycles. The van der Waals surface area contributed by atoms with Gasteiger partial charge in [-0.25, -0.2) is 15.0 Å². The highest BCUT2D eigenvalue weighted by atomic mass is 14.9. The van der Waals surface area contributed by atoms with Gasteiger partial charge in [0, 0.05) is 24.8 Å². The van der Waals surface area contributed by atoms with Crippen molar-refractivity contribution in [2.24, 2.45) is 0 Å². The first kappa shape index (κ1) is 11.0. The van der Waals surface area contributed by atoms with Crippen LogP contribution in [0.4, 0.5) is 0 Å². The van der Waals surface area contributed by atoms with Gasteiger partial charge in [0.05, 0.1) is 5.71 Å². The first-order valence-electron chi connectivity index (χ1n) is 5.94. The van der Waals surface area contributed by atoms with E-state index in [0.717, 1.165) is 0 Å². The Balaban J connectivity index is 2.01. The molecule has 0 atom stereocenters. The van der Waals surface area contributed by atoms with Gasteiger partial charge in [-0.15, -0.1) is 0 Å². The van der Waals surface area contributed by atoms with Gasteiger partial charge in [0.1, 0.15) is 11.4 Å². The molecule has 5 heteroatoms. The molecule has 0 spiro atoms. The Morgan fingerprint density at radius 3 is 2.39 bits per heavy atom. The lowest BCUT2D eigenvalue weighted by Gasteiger charge is -2.05. The van der Waals surface area contributed by atoms with Gasteiger partial charge in [-0.2, -0.15) is 0 Å². The Morgan fingerprint density at radius 1 is 1.11 bits per heavy atom. The fourth-order valence-electron chi connectivity index (χ4n) is 1.86. The Hall–Kier alpha value is -2.17. The van der Waals surface area contributed by atoms with Gasteiger partial charge in [-0.1, -0.05) is 0 Å². The van der Waals surface area contributed by atoms with Gasteiger partial charge in [-0.3, -0.25) is 4.98 Å². The minimum absolute atomic E-state index is 0.368. The zero-order valence-corrected chi connectivity index (χ0v) is 10.1. The van der Waals surface area contributed by atoms with E-state index in [0.29, 0.717) is 28.8 Å². The lowest BCUT2D eigenvalue weighted by molar-refractivity contribution is 1.02. The largest absolute Gasteiger partial charge is 0.303 e. The third-order valence-corrected chi connectivity index (χ3v) is 2.99. The quantitative estimate of drug-likeness (QED) is 0.833. The molecule has 2 heterocycles. The number of hydrogen-bond donors (Lipinski definition) is 1. The number of rotatable bonds is 3. The van der Waals surface area contributed by atoms with E-state index in [1.165, 1.54) is 18.4 Å². The molecular formula is C13H13N5. The third kappa shape index (κ3) is 1.99. The number of nitrogens with one attached hydrogen (secondary N) is 1. The van der Waals surface area contributed by atoms with Crippen molar-refractivity contribution in [1.29, 1.82) is 5.41 Å². The normalized spacial score (nSPS) is 14.5. The van der Waals surface area contributed by atoms with Crippen molar-refractivity contribution in [1.82, 2.24) is 19.9 Å². The van der Waals surface area contributed by atoms with Crippen LogP contribution in [0.25, 0.3) is 11.5 Å². The summed E-state index contributed by atoms with van der Waals surface area (Å²) < 4.78 is 0. The van der Waals surface area contributed by atoms with E-state index in [2.05, 4.69) is 19.9 Å². The molecule has 18 heavy (non-hydrogen) atoms. The highest BCUT2D eigenvalue weighted by Crippen LogP contribution is 2.39. The molecule has 90 valence electrons. The average molecular weight is 239 g/mol. The molecule has 2 aromatic heterocycles. The fourth-order valence-corrected chi connectivity index (χ4v) is 1.86. The van der Waals surface area contributed by atoms with Crippen LogP contribution < -0.4 is 0 Å². The number of hydrogen-bond acceptors (Lipinski definition) is 5. The highest BCUT2D eigenvalue weighted by molar-refractivity contribution is 5.98. The van der Waals surface area contributed by atoms with E-state index < -0.39 is 0 Å². The standard InChI is InChI=1S/C13H13N5/c1-8(14)11-12(16-5-4-15-11)13-17-6-10(7-18-13)9-2-3-9/h4-7,9,14H,2-3H2,1H3. The molecule has 0 bridgehead atoms. The van der Waals surface area contributed by atoms with Gasteiger partial charge in [-0.05, 0) is 31.2 Å². The molecular weight excluding hydrogens is 226 g/mol. The topological polar surface area (TPSA) is 75.4 Å². The molecule has 1 fully saturated rings. The van der Waals surface area contributed by atoms with Crippen LogP contribution in [0, 0.1) is 5.41 Å². The maximum atomic E-state index is 7.69. The smallest absolute Gasteiger partial charge is 0.180 e. The van der Waals surface area contributed by atoms with Crippen LogP contribution in [0.5, 0.6) is 0 Å². The summed E-state index contributed by atoms with van der Waals surface area (Å²) >= 11 is 0. The van der Waals surface area contributed by atoms with Crippen LogP contribution in [-0.4, -0.2) is 25.6 Å². The minimum atomic E-state index is 0.368. The molecule has 1 N–H and O–H groups in total. The summed E-state index contributed by atoms with van der Waals surface area (Å²) in [5, 5.41) is 7.69. The minimum Gasteiger partial charge on any atom is -0.303 e. The Morgan fingerprint density at radius 2 is 1.78 bits per heavy atom. The second kappa shape index (κ2) is 4.25. The van der Waals surface area contributed by atoms with E-state index in [1.807, 2.05) is 12.4 Å². The fraction of sp³-hybridized carbons (Fsp3) is 0.308. The zero-order valence-electron chi connectivity index (χ0n) is 10.1. The zero-order chi connectivity index (χ0) is 12.5. The maximum Gasteiger partial charge on any atom is 0.180 e. The van der Waals surface area contributed by atoms with Crippen LogP contribution in [0.3, 0.4) is 0 Å². The summed E-state index contributed by atoms with van der Waals surface area (Å²) in [5.74, 6) is 1.18. The van der Waals surface area contributed by atoms with Crippen molar-refractivity contribution in [2.45, 2.75) is 25.7 Å². The monoisotopic (exact) mass is 239 g/mol. The first-order chi connectivity index (χ1) is 8.75. The van der Waals surface area contributed by atoms with Crippen molar-refractivity contribution < 1.29 is 0 Å². The van der Waals surface area contributed by atoms with E-state index in [1.54, 1.807) is 19.3 Å². The molecule has 0 saturated heterocycles. The van der Waals surface area contributed by atoms with Crippen LogP contribution in [0.2, 0.25) is 0 Å². The number of nitrogens with zero attached hydrogens (tertiary/aromatic N) is 4. The van der Waals surface area contributed by atoms with Gasteiger partial charge >= 0.3 is 0 Å². The second-order valence-corrected chi connectivity index (χ2v) is 4.49. The molecule has 3 rings (SSSR count). The Bertz CT molecular complexity index is 587. The van der Waals surface area contributed by atoms with Crippen LogP contribution in [0.1, 0.15) is 36.9 Å². The van der Waals surface area contributed by atoms with Crippen LogP contribution in [-0.2, 0) is 0 Å². The van der Waals surface area contributed by atoms with Crippen molar-refractivity contribution in [3.63, 3.8) is 0 Å². The summed E-state index contributed by atoms with van der Waals surface area (Å²) in [7, 11) is 0. The summed E-state index contributed by atoms with van der Waals surface area (Å²) in [6.07, 6.45) is 9.36. The van der Waals surface area contributed by atoms with Crippen molar-refractivity contribution >= 4 is 5.71 Å². The summed E-state index contributed by atoms with van der Waals surface area (Å²) in [5.41, 5.74) is 2.67. The summed E-state index contributed by atoms with van der Waals surface area (Å²) in [4.78, 5) is 17.1. The van der Waals surface area contributed by atoms with Gasteiger partial charge < -0.3 is 5.41 Å². The van der Waals surface area contributed by atoms with Crippen LogP contribution >= 0.6 is 0 Å². The highest BCUT2D eigenvalue weighted by Gasteiger charge is 2.24. The molecule has 0 radical (unpaired) electrons. The third-order valence-electron chi connectivity index (χ3n) is 2.99. The molecule has 0 unspecified atom stereocenters. The first-order valence-corrected chi connectivity index (χ1v) is 5.94. The predicted octanol–water partition coefficient (Wildman–Crippen LogP) is 2.20. The molecule has 1 aliphatic rings. The lowest BCUT2D eigenvalue weighted by atomic mass is 10.2. The summed E-state index contributed by atoms with van der Waals surface area (Å²) in [6.45, 7) is 1.69. The molecule has 0 amide bonds. The van der Waals surface area contributed by atoms with Crippen LogP contribution in [0.15, 0.2) is 24.8 Å². The Kier molecular flexibility index (Phi) is 2.59. The van der Waals surface area contributed by atoms with E-state index >= 15 is 0 Å². The van der Waals surface area contributed by atoms with Crippen molar-refractivity contribution in [2.75, 3.05) is 0 Å². The summed E-state index contributed by atoms with van der Waals surface area (Å²) in [6, 6.07) is 0. The van der Waals surface area contributed by atoms with Gasteiger partial charge in [0.2, 0.25) is 0 Å². The molecule has 5 nitrogen and oxygen atoms in total. The predicted molar refractivity (Wildman–Crippen MR) is 67.5 cm³/mol. The molecule has 0 aromatic carbocycles. The van der Waals surface area contributed by atoms with Crippen molar-refractivity contribution in [3.05, 3.63) is 36.0 Å². The van der Waals surface area contributed by atoms with Crippen molar-refractivity contribution in [3.8, 4) is 11.5 Å². The molecule has 2 aromatic rings. The second-order valence-electron chi connectivity index (χ2n) is 4.49. The van der Waals surface area contributed by atoms with Gasteiger partial charge in [0.25, 0.3) is 0 Å². The number of aromatic nitrogens is 4. The SMILES string of the molecule is CC(=N)c1nccnc1-c1ncc(C2CC2)cn1. The average Bonchev–Trinajstić information content (AvgIpc) is 3.23. The van der Waals surface area contributed by atoms with E-state index in [-0.39, 0.29) is 0 Å². The van der Waals surface area contributed by atoms with E-state index in [9.17, 15) is 0 Å². The lowest BCUT2D eigenvalue weighted by Crippen LogP contribution is -2.04. The van der Waals surface area contributed by atoms with E-state index in [4.69, 9.17) is 5.41 Å². The molecule has 1 aliphatic carbocycles. The Labute approximate surface area is 105 Å². The maximum absolute atomic E-state index is 7.69. The molecule has 0 aliphatic heterocycles. The van der Waals surface area contributed by atoms with Gasteiger partial charge in [0.15, 0.2) is 5.82 Å².